The zero-order valence-corrected chi connectivity index (χ0v) is 15.8. The summed E-state index contributed by atoms with van der Waals surface area (Å²) in [6, 6.07) is 9.06. The molecule has 140 valence electrons. The Hall–Kier alpha value is -1.97. The van der Waals surface area contributed by atoms with Gasteiger partial charge in [-0.25, -0.2) is 21.2 Å². The van der Waals surface area contributed by atoms with E-state index in [-0.39, 0.29) is 21.0 Å². The van der Waals surface area contributed by atoms with E-state index in [2.05, 4.69) is 4.72 Å². The molecule has 3 rings (SSSR count). The second-order valence-corrected chi connectivity index (χ2v) is 9.74. The number of nitrogens with zero attached hydrogens (tertiary/aromatic N) is 1. The number of halogens is 1. The van der Waals surface area contributed by atoms with Crippen LogP contribution in [0.1, 0.15) is 18.4 Å². The molecule has 0 unspecified atom stereocenters. The van der Waals surface area contributed by atoms with E-state index in [1.807, 2.05) is 0 Å². The number of sulfonamides is 2. The van der Waals surface area contributed by atoms with Crippen LogP contribution in [0.2, 0.25) is 0 Å². The Morgan fingerprint density at radius 2 is 1.69 bits per heavy atom. The molecule has 0 aromatic heterocycles. The van der Waals surface area contributed by atoms with E-state index >= 15 is 0 Å². The third kappa shape index (κ3) is 3.74. The van der Waals surface area contributed by atoms with Crippen molar-refractivity contribution in [1.82, 2.24) is 4.31 Å². The molecule has 0 amide bonds. The summed E-state index contributed by atoms with van der Waals surface area (Å²) < 4.78 is 67.3. The molecule has 26 heavy (non-hydrogen) atoms. The highest BCUT2D eigenvalue weighted by atomic mass is 32.2. The molecule has 1 N–H and O–H groups in total. The second kappa shape index (κ2) is 6.98. The molecule has 0 saturated carbocycles. The maximum Gasteiger partial charge on any atom is 0.262 e. The molecule has 1 saturated heterocycles. The molecule has 0 atom stereocenters. The largest absolute Gasteiger partial charge is 0.280 e. The van der Waals surface area contributed by atoms with E-state index < -0.39 is 25.9 Å². The minimum absolute atomic E-state index is 0.0374. The smallest absolute Gasteiger partial charge is 0.262 e. The van der Waals surface area contributed by atoms with Gasteiger partial charge in [-0.1, -0.05) is 6.07 Å². The lowest BCUT2D eigenvalue weighted by Gasteiger charge is -2.16. The zero-order valence-electron chi connectivity index (χ0n) is 14.1. The van der Waals surface area contributed by atoms with Crippen molar-refractivity contribution in [3.63, 3.8) is 0 Å². The van der Waals surface area contributed by atoms with Gasteiger partial charge in [0.1, 0.15) is 5.82 Å². The summed E-state index contributed by atoms with van der Waals surface area (Å²) in [4.78, 5) is -0.0258. The van der Waals surface area contributed by atoms with E-state index in [4.69, 9.17) is 0 Å². The van der Waals surface area contributed by atoms with E-state index in [1.165, 1.54) is 41.6 Å². The van der Waals surface area contributed by atoms with Crippen molar-refractivity contribution in [2.75, 3.05) is 17.8 Å². The Morgan fingerprint density at radius 1 is 1.00 bits per heavy atom. The predicted molar refractivity (Wildman–Crippen MR) is 96.4 cm³/mol. The lowest BCUT2D eigenvalue weighted by molar-refractivity contribution is 0.477. The Bertz CT molecular complexity index is 1030. The van der Waals surface area contributed by atoms with Crippen LogP contribution in [0.25, 0.3) is 0 Å². The summed E-state index contributed by atoms with van der Waals surface area (Å²) in [6.07, 6.45) is 1.63. The number of anilines is 1. The van der Waals surface area contributed by atoms with Crippen LogP contribution in [0, 0.1) is 12.7 Å². The number of nitrogens with one attached hydrogen (secondary N) is 1. The molecule has 9 heteroatoms. The molecule has 2 aromatic rings. The summed E-state index contributed by atoms with van der Waals surface area (Å²) in [5.74, 6) is -0.528. The first-order valence-electron chi connectivity index (χ1n) is 8.09. The van der Waals surface area contributed by atoms with Crippen molar-refractivity contribution in [2.45, 2.75) is 29.6 Å². The molecule has 6 nitrogen and oxygen atoms in total. The lowest BCUT2D eigenvalue weighted by atomic mass is 10.2. The summed E-state index contributed by atoms with van der Waals surface area (Å²) >= 11 is 0. The molecule has 0 radical (unpaired) electrons. The van der Waals surface area contributed by atoms with Gasteiger partial charge in [0.25, 0.3) is 10.0 Å². The first-order chi connectivity index (χ1) is 12.2. The van der Waals surface area contributed by atoms with Gasteiger partial charge in [-0.05, 0) is 61.7 Å². The Morgan fingerprint density at radius 3 is 2.35 bits per heavy atom. The fourth-order valence-corrected chi connectivity index (χ4v) is 5.76. The van der Waals surface area contributed by atoms with Gasteiger partial charge in [0, 0.05) is 13.1 Å². The molecular weight excluding hydrogens is 379 g/mol. The van der Waals surface area contributed by atoms with Gasteiger partial charge < -0.3 is 0 Å². The highest BCUT2D eigenvalue weighted by Gasteiger charge is 2.27. The third-order valence-electron chi connectivity index (χ3n) is 4.22. The Labute approximate surface area is 152 Å². The summed E-state index contributed by atoms with van der Waals surface area (Å²) in [5.41, 5.74) is 0.396. The van der Waals surface area contributed by atoms with Gasteiger partial charge in [0.2, 0.25) is 10.0 Å². The quantitative estimate of drug-likeness (QED) is 0.839. The van der Waals surface area contributed by atoms with Crippen LogP contribution < -0.4 is 4.72 Å². The first kappa shape index (κ1) is 18.8. The highest BCUT2D eigenvalue weighted by Crippen LogP contribution is 2.25. The average Bonchev–Trinajstić information content (AvgIpc) is 3.09. The van der Waals surface area contributed by atoms with Crippen molar-refractivity contribution in [2.24, 2.45) is 0 Å². The molecule has 0 spiro atoms. The van der Waals surface area contributed by atoms with Gasteiger partial charge in [-0.3, -0.25) is 4.72 Å². The molecule has 0 aliphatic carbocycles. The van der Waals surface area contributed by atoms with Gasteiger partial charge in [-0.2, -0.15) is 4.31 Å². The molecule has 1 aliphatic rings. The van der Waals surface area contributed by atoms with Crippen molar-refractivity contribution < 1.29 is 21.2 Å². The van der Waals surface area contributed by atoms with Crippen molar-refractivity contribution in [1.29, 1.82) is 0 Å². The fraction of sp³-hybridized carbons (Fsp3) is 0.294. The van der Waals surface area contributed by atoms with Crippen LogP contribution in [0.15, 0.2) is 52.3 Å². The van der Waals surface area contributed by atoms with Gasteiger partial charge >= 0.3 is 0 Å². The van der Waals surface area contributed by atoms with E-state index in [1.54, 1.807) is 0 Å². The minimum Gasteiger partial charge on any atom is -0.280 e. The number of rotatable bonds is 5. The van der Waals surface area contributed by atoms with Crippen molar-refractivity contribution in [3.05, 3.63) is 53.8 Å². The predicted octanol–water partition coefficient (Wildman–Crippen LogP) is 2.72. The molecule has 2 aromatic carbocycles. The average molecular weight is 398 g/mol. The van der Waals surface area contributed by atoms with Gasteiger partial charge in [0.15, 0.2) is 0 Å². The van der Waals surface area contributed by atoms with E-state index in [0.717, 1.165) is 25.0 Å². The monoisotopic (exact) mass is 398 g/mol. The highest BCUT2D eigenvalue weighted by molar-refractivity contribution is 7.92. The minimum atomic E-state index is -3.97. The topological polar surface area (TPSA) is 83.5 Å². The number of hydrogen-bond donors (Lipinski definition) is 1. The van der Waals surface area contributed by atoms with Crippen LogP contribution in [-0.4, -0.2) is 34.2 Å². The Balaban J connectivity index is 1.91. The van der Waals surface area contributed by atoms with Crippen LogP contribution in [-0.2, 0) is 20.0 Å². The lowest BCUT2D eigenvalue weighted by Crippen LogP contribution is -2.28. The molecular formula is C17H19FN2O4S2. The summed E-state index contributed by atoms with van der Waals surface area (Å²) in [7, 11) is -7.61. The van der Waals surface area contributed by atoms with Crippen LogP contribution in [0.5, 0.6) is 0 Å². The van der Waals surface area contributed by atoms with Crippen LogP contribution >= 0.6 is 0 Å². The maximum absolute atomic E-state index is 13.2. The standard InChI is InChI=1S/C17H19FN2O4S2/c1-13-11-14(18)7-8-17(13)25(21,22)19-15-5-4-6-16(12-15)26(23,24)20-9-2-3-10-20/h4-8,11-12,19H,2-3,9-10H2,1H3. The molecule has 1 fully saturated rings. The van der Waals surface area contributed by atoms with Gasteiger partial charge in [-0.15, -0.1) is 0 Å². The molecule has 0 bridgehead atoms. The number of hydrogen-bond acceptors (Lipinski definition) is 4. The zero-order chi connectivity index (χ0) is 18.9. The van der Waals surface area contributed by atoms with Crippen LogP contribution in [0.3, 0.4) is 0 Å². The van der Waals surface area contributed by atoms with Crippen molar-refractivity contribution >= 4 is 25.7 Å². The maximum atomic E-state index is 13.2. The third-order valence-corrected chi connectivity index (χ3v) is 7.65. The van der Waals surface area contributed by atoms with Gasteiger partial charge in [0.05, 0.1) is 15.5 Å². The SMILES string of the molecule is Cc1cc(F)ccc1S(=O)(=O)Nc1cccc(S(=O)(=O)N2CCCC2)c1. The molecule has 1 heterocycles. The fourth-order valence-electron chi connectivity index (χ4n) is 2.92. The summed E-state index contributed by atoms with van der Waals surface area (Å²) in [5, 5.41) is 0. The normalized spacial score (nSPS) is 15.9. The number of aryl methyl sites for hydroxylation is 1. The van der Waals surface area contributed by atoms with Crippen LogP contribution in [0.4, 0.5) is 10.1 Å². The second-order valence-electron chi connectivity index (χ2n) is 6.15. The van der Waals surface area contributed by atoms with E-state index in [9.17, 15) is 21.2 Å². The molecule has 1 aliphatic heterocycles. The number of benzene rings is 2. The van der Waals surface area contributed by atoms with Crippen molar-refractivity contribution in [3.8, 4) is 0 Å². The first-order valence-corrected chi connectivity index (χ1v) is 11.0. The van der Waals surface area contributed by atoms with E-state index in [0.29, 0.717) is 13.1 Å². The Kier molecular flexibility index (Phi) is 5.05. The summed E-state index contributed by atoms with van der Waals surface area (Å²) in [6.45, 7) is 2.42.